The molecule has 7 nitrogen and oxygen atoms in total. The average molecular weight is 232 g/mol. The maximum atomic E-state index is 9.48. The van der Waals surface area contributed by atoms with Crippen molar-refractivity contribution in [2.24, 2.45) is 0 Å². The molecule has 0 bridgehead atoms. The van der Waals surface area contributed by atoms with Crippen molar-refractivity contribution >= 4 is 61.2 Å². The van der Waals surface area contributed by atoms with Crippen LogP contribution in [0.3, 0.4) is 0 Å². The number of carboxylic acids is 2. The fraction of sp³-hybridized carbons (Fsp3) is 0.333. The Morgan fingerprint density at radius 2 is 0.857 bits per heavy atom. The third-order valence-electron chi connectivity index (χ3n) is 0.575. The summed E-state index contributed by atoms with van der Waals surface area (Å²) in [5.74, 6) is -5.13. The minimum absolute atomic E-state index is 0. The van der Waals surface area contributed by atoms with E-state index in [1.165, 1.54) is 0 Å². The van der Waals surface area contributed by atoms with E-state index in [1.807, 2.05) is 0 Å². The van der Waals surface area contributed by atoms with Gasteiger partial charge in [0.25, 0.3) is 0 Å². The van der Waals surface area contributed by atoms with Gasteiger partial charge in [-0.2, -0.15) is 0 Å². The third kappa shape index (κ3) is 22.5. The third-order valence-corrected chi connectivity index (χ3v) is 0.575. The molecule has 0 aliphatic carbocycles. The monoisotopic (exact) mass is 232 g/mol. The van der Waals surface area contributed by atoms with Crippen LogP contribution >= 0.6 is 0 Å². The number of aliphatic carboxylic acids is 2. The first kappa shape index (κ1) is 23.4. The second-order valence-electron chi connectivity index (χ2n) is 1.69. The van der Waals surface area contributed by atoms with Gasteiger partial charge in [0.15, 0.2) is 11.6 Å². The quantitative estimate of drug-likeness (QED) is 0.346. The molecular formula is C6H8CaO7. The Morgan fingerprint density at radius 3 is 0.857 bits per heavy atom. The van der Waals surface area contributed by atoms with Gasteiger partial charge >= 0.3 is 37.7 Å². The van der Waals surface area contributed by atoms with Crippen molar-refractivity contribution < 1.29 is 34.9 Å². The largest absolute Gasteiger partial charge is 2.00 e. The summed E-state index contributed by atoms with van der Waals surface area (Å²) in [7, 11) is 0. The summed E-state index contributed by atoms with van der Waals surface area (Å²) >= 11 is 0. The van der Waals surface area contributed by atoms with Gasteiger partial charge in [-0.3, -0.25) is 9.59 Å². The van der Waals surface area contributed by atoms with Gasteiger partial charge in [-0.15, -0.1) is 0 Å². The van der Waals surface area contributed by atoms with Crippen molar-refractivity contribution in [1.29, 1.82) is 0 Å². The van der Waals surface area contributed by atoms with Crippen molar-refractivity contribution in [3.8, 4) is 0 Å². The van der Waals surface area contributed by atoms with Gasteiger partial charge in [0.1, 0.15) is 11.9 Å². The number of carbonyl (C=O) groups is 4. The van der Waals surface area contributed by atoms with Crippen LogP contribution in [0, 0.1) is 0 Å². The fourth-order valence-electron chi connectivity index (χ4n) is 0. The second-order valence-corrected chi connectivity index (χ2v) is 1.69. The van der Waals surface area contributed by atoms with Crippen molar-refractivity contribution in [2.75, 3.05) is 0 Å². The van der Waals surface area contributed by atoms with E-state index in [1.54, 1.807) is 0 Å². The maximum Gasteiger partial charge on any atom is 2.00 e. The maximum absolute atomic E-state index is 9.48. The molecule has 8 heteroatoms. The zero-order chi connectivity index (χ0) is 10.3. The molecular weight excluding hydrogens is 224 g/mol. The molecule has 0 aliphatic rings. The predicted octanol–water partition coefficient (Wildman–Crippen LogP) is -4.55. The first-order valence-electron chi connectivity index (χ1n) is 2.72. The Labute approximate surface area is 109 Å². The van der Waals surface area contributed by atoms with E-state index in [-0.39, 0.29) is 43.2 Å². The van der Waals surface area contributed by atoms with Crippen LogP contribution in [-0.4, -0.2) is 66.7 Å². The van der Waals surface area contributed by atoms with Crippen molar-refractivity contribution in [2.45, 2.75) is 13.8 Å². The van der Waals surface area contributed by atoms with Gasteiger partial charge in [0.2, 0.25) is 0 Å². The molecule has 0 fully saturated rings. The van der Waals surface area contributed by atoms with E-state index in [0.29, 0.717) is 0 Å². The molecule has 0 amide bonds. The molecule has 0 aliphatic heterocycles. The molecule has 0 saturated heterocycles. The van der Waals surface area contributed by atoms with Gasteiger partial charge in [0, 0.05) is 13.8 Å². The number of ketones is 2. The molecule has 0 rings (SSSR count). The van der Waals surface area contributed by atoms with Crippen molar-refractivity contribution in [3.05, 3.63) is 0 Å². The SMILES string of the molecule is CC(=O)C(=O)[O-].CC(=O)C(=O)[O-].O.[Ca+2]. The van der Waals surface area contributed by atoms with E-state index < -0.39 is 23.5 Å². The van der Waals surface area contributed by atoms with Gasteiger partial charge in [-0.25, -0.2) is 0 Å². The van der Waals surface area contributed by atoms with Gasteiger partial charge < -0.3 is 25.3 Å². The molecule has 0 aromatic rings. The van der Waals surface area contributed by atoms with E-state index in [4.69, 9.17) is 0 Å². The van der Waals surface area contributed by atoms with Crippen LogP contribution in [0.2, 0.25) is 0 Å². The van der Waals surface area contributed by atoms with Crippen LogP contribution in [0.4, 0.5) is 0 Å². The molecule has 0 radical (unpaired) electrons. The molecule has 0 aromatic carbocycles. The molecule has 14 heavy (non-hydrogen) atoms. The molecule has 0 aromatic heterocycles. The molecule has 0 spiro atoms. The molecule has 76 valence electrons. The van der Waals surface area contributed by atoms with E-state index in [9.17, 15) is 29.4 Å². The summed E-state index contributed by atoms with van der Waals surface area (Å²) in [5, 5.41) is 18.5. The van der Waals surface area contributed by atoms with E-state index in [0.717, 1.165) is 13.8 Å². The molecule has 0 unspecified atom stereocenters. The summed E-state index contributed by atoms with van der Waals surface area (Å²) in [6.45, 7) is 1.88. The molecule has 2 N–H and O–H groups in total. The van der Waals surface area contributed by atoms with Crippen molar-refractivity contribution in [3.63, 3.8) is 0 Å². The molecule has 0 heterocycles. The zero-order valence-corrected chi connectivity index (χ0v) is 9.86. The van der Waals surface area contributed by atoms with E-state index in [2.05, 4.69) is 0 Å². The Morgan fingerprint density at radius 1 is 0.786 bits per heavy atom. The number of hydrogen-bond acceptors (Lipinski definition) is 6. The predicted molar refractivity (Wildman–Crippen MR) is 40.7 cm³/mol. The number of hydrogen-bond donors (Lipinski definition) is 0. The standard InChI is InChI=1S/2C3H4O3.Ca.H2O/c2*1-2(4)3(5)6;;/h2*1H3,(H,5,6);;1H2/q;;+2;/p-2. The normalized spacial score (nSPS) is 6.43. The average Bonchev–Trinajstić information content (AvgIpc) is 1.88. The summed E-state index contributed by atoms with van der Waals surface area (Å²) in [6.07, 6.45) is 0. The number of Topliss-reactive ketones (excluding diaryl/α,β-unsaturated/α-hetero) is 2. The summed E-state index contributed by atoms with van der Waals surface area (Å²) < 4.78 is 0. The topological polar surface area (TPSA) is 146 Å². The van der Waals surface area contributed by atoms with Crippen LogP contribution in [-0.2, 0) is 19.2 Å². The molecule has 0 saturated carbocycles. The summed E-state index contributed by atoms with van der Waals surface area (Å²) in [4.78, 5) is 37.4. The first-order chi connectivity index (χ1) is 5.29. The number of carbonyl (C=O) groups excluding carboxylic acids is 4. The van der Waals surface area contributed by atoms with Crippen LogP contribution in [0.1, 0.15) is 13.8 Å². The fourth-order valence-corrected chi connectivity index (χ4v) is 0. The smallest absolute Gasteiger partial charge is 0.542 e. The minimum atomic E-state index is -1.63. The van der Waals surface area contributed by atoms with Crippen LogP contribution in [0.25, 0.3) is 0 Å². The van der Waals surface area contributed by atoms with E-state index >= 15 is 0 Å². The van der Waals surface area contributed by atoms with Crippen LogP contribution in [0.15, 0.2) is 0 Å². The Hall–Kier alpha value is -0.500. The summed E-state index contributed by atoms with van der Waals surface area (Å²) in [5.41, 5.74) is 0. The van der Waals surface area contributed by atoms with Gasteiger partial charge in [0.05, 0.1) is 0 Å². The van der Waals surface area contributed by atoms with Crippen LogP contribution in [0.5, 0.6) is 0 Å². The van der Waals surface area contributed by atoms with Gasteiger partial charge in [-0.1, -0.05) is 0 Å². The minimum Gasteiger partial charge on any atom is -0.542 e. The summed E-state index contributed by atoms with van der Waals surface area (Å²) in [6, 6.07) is 0. The first-order valence-corrected chi connectivity index (χ1v) is 2.72. The van der Waals surface area contributed by atoms with Gasteiger partial charge in [-0.05, 0) is 0 Å². The second kappa shape index (κ2) is 12.5. The molecule has 0 atom stereocenters. The van der Waals surface area contributed by atoms with Crippen LogP contribution < -0.4 is 10.2 Å². The zero-order valence-electron chi connectivity index (χ0n) is 7.66. The number of carboxylic acid groups (broad SMARTS) is 2. The van der Waals surface area contributed by atoms with Crippen molar-refractivity contribution in [1.82, 2.24) is 0 Å². The number of rotatable bonds is 2. The Kier molecular flexibility index (Phi) is 20.9. The Bertz CT molecular complexity index is 174. The Balaban J connectivity index is -0.0000000625.